The zero-order chi connectivity index (χ0) is 37.0. The van der Waals surface area contributed by atoms with Gasteiger partial charge in [0.15, 0.2) is 0 Å². The van der Waals surface area contributed by atoms with E-state index in [9.17, 15) is 13.2 Å². The summed E-state index contributed by atoms with van der Waals surface area (Å²) in [5.74, 6) is 3.17. The Morgan fingerprint density at radius 2 is 1.02 bits per heavy atom. The molecule has 4 aromatic rings. The van der Waals surface area contributed by atoms with Gasteiger partial charge in [-0.25, -0.2) is 0 Å². The largest absolute Gasteiger partial charge is 0.497 e. The van der Waals surface area contributed by atoms with Gasteiger partial charge in [0.25, 0.3) is 0 Å². The quantitative estimate of drug-likeness (QED) is 0.179. The van der Waals surface area contributed by atoms with E-state index in [1.807, 2.05) is 42.5 Å². The number of hydrogen-bond acceptors (Lipinski definition) is 6. The highest BCUT2D eigenvalue weighted by atomic mass is 35.5. The molecular weight excluding hydrogens is 701 g/mol. The molecule has 0 N–H and O–H groups in total. The standard InChI is InChI=1S/C22H22F3NO2.C21H22ClNO2/c1-27-18-8-9-20-19(12-18)21(15-4-6-17(7-5-15)22(23,24)25)16(14-28-20)13-26-10-2-3-11-26;1-24-18-8-9-20-19(12-18)21(15-4-6-17(22)7-5-15)16(14-25-20)13-23-10-2-3-11-23/h4-9,12H,2-3,10-11,13-14H2,1H3;4-9,12H,2-3,10-11,13-14H2,1H3. The summed E-state index contributed by atoms with van der Waals surface area (Å²) in [6.07, 6.45) is 0.577. The van der Waals surface area contributed by atoms with Gasteiger partial charge in [0.05, 0.1) is 19.8 Å². The fraction of sp³-hybridized carbons (Fsp3) is 0.349. The maximum absolute atomic E-state index is 13.0. The number of halogens is 4. The van der Waals surface area contributed by atoms with Crippen LogP contribution in [0.3, 0.4) is 0 Å². The molecular formula is C43H44ClF3N2O4. The van der Waals surface area contributed by atoms with E-state index >= 15 is 0 Å². The molecule has 10 heteroatoms. The Morgan fingerprint density at radius 3 is 1.42 bits per heavy atom. The minimum absolute atomic E-state index is 0.437. The lowest BCUT2D eigenvalue weighted by Gasteiger charge is -2.28. The summed E-state index contributed by atoms with van der Waals surface area (Å²) < 4.78 is 61.8. The number of likely N-dealkylation sites (tertiary alicyclic amines) is 2. The molecule has 0 radical (unpaired) electrons. The predicted octanol–water partition coefficient (Wildman–Crippen LogP) is 9.64. The Morgan fingerprint density at radius 1 is 0.604 bits per heavy atom. The Balaban J connectivity index is 0.000000165. The molecule has 0 saturated carbocycles. The third-order valence-electron chi connectivity index (χ3n) is 10.3. The summed E-state index contributed by atoms with van der Waals surface area (Å²) >= 11 is 6.10. The van der Waals surface area contributed by atoms with Crippen molar-refractivity contribution in [3.05, 3.63) is 129 Å². The van der Waals surface area contributed by atoms with Crippen LogP contribution in [0, 0.1) is 0 Å². The second kappa shape index (κ2) is 16.3. The minimum Gasteiger partial charge on any atom is -0.497 e. The van der Waals surface area contributed by atoms with Crippen molar-refractivity contribution in [1.82, 2.24) is 9.80 Å². The van der Waals surface area contributed by atoms with Crippen molar-refractivity contribution in [3.63, 3.8) is 0 Å². The van der Waals surface area contributed by atoms with Gasteiger partial charge < -0.3 is 18.9 Å². The van der Waals surface area contributed by atoms with E-state index in [1.165, 1.54) is 55.5 Å². The van der Waals surface area contributed by atoms with Crippen molar-refractivity contribution >= 4 is 22.7 Å². The molecule has 6 nitrogen and oxygen atoms in total. The Labute approximate surface area is 314 Å². The third-order valence-corrected chi connectivity index (χ3v) is 10.5. The summed E-state index contributed by atoms with van der Waals surface area (Å²) in [6, 6.07) is 25.1. The molecule has 2 fully saturated rings. The third kappa shape index (κ3) is 8.53. The molecule has 0 aliphatic carbocycles. The van der Waals surface area contributed by atoms with Crippen LogP contribution in [0.25, 0.3) is 11.1 Å². The van der Waals surface area contributed by atoms with Crippen molar-refractivity contribution in [1.29, 1.82) is 0 Å². The monoisotopic (exact) mass is 744 g/mol. The zero-order valence-electron chi connectivity index (χ0n) is 30.1. The SMILES string of the molecule is COc1ccc2c(c1)C(c1ccc(C(F)(F)F)cc1)=C(CN1CCCC1)CO2.COc1ccc2c(c1)C(c1ccc(Cl)cc1)=C(CN1CCCC1)CO2. The highest BCUT2D eigenvalue weighted by Gasteiger charge is 2.31. The first-order valence-electron chi connectivity index (χ1n) is 18.1. The molecule has 8 rings (SSSR count). The van der Waals surface area contributed by atoms with E-state index in [1.54, 1.807) is 26.4 Å². The molecule has 4 heterocycles. The molecule has 278 valence electrons. The van der Waals surface area contributed by atoms with Crippen molar-refractivity contribution in [3.8, 4) is 23.0 Å². The number of ether oxygens (including phenoxy) is 4. The van der Waals surface area contributed by atoms with Crippen molar-refractivity contribution in [2.75, 3.05) is 66.7 Å². The van der Waals surface area contributed by atoms with Gasteiger partial charge in [0.1, 0.15) is 36.2 Å². The lowest BCUT2D eigenvalue weighted by molar-refractivity contribution is -0.137. The summed E-state index contributed by atoms with van der Waals surface area (Å²) in [7, 11) is 3.29. The molecule has 4 aliphatic rings. The zero-order valence-corrected chi connectivity index (χ0v) is 30.9. The first-order valence-corrected chi connectivity index (χ1v) is 18.5. The van der Waals surface area contributed by atoms with Gasteiger partial charge in [-0.1, -0.05) is 35.9 Å². The predicted molar refractivity (Wildman–Crippen MR) is 203 cm³/mol. The fourth-order valence-corrected chi connectivity index (χ4v) is 7.73. The van der Waals surface area contributed by atoms with Crippen LogP contribution in [0.5, 0.6) is 23.0 Å². The lowest BCUT2D eigenvalue weighted by atomic mass is 9.90. The van der Waals surface area contributed by atoms with Crippen LogP contribution < -0.4 is 18.9 Å². The fourth-order valence-electron chi connectivity index (χ4n) is 7.60. The molecule has 0 spiro atoms. The highest BCUT2D eigenvalue weighted by molar-refractivity contribution is 6.30. The Bertz CT molecular complexity index is 1960. The van der Waals surface area contributed by atoms with Crippen LogP contribution in [0.4, 0.5) is 13.2 Å². The van der Waals surface area contributed by atoms with Gasteiger partial charge in [-0.2, -0.15) is 13.2 Å². The lowest BCUT2D eigenvalue weighted by Crippen LogP contribution is -2.26. The van der Waals surface area contributed by atoms with Crippen LogP contribution >= 0.6 is 11.6 Å². The second-order valence-electron chi connectivity index (χ2n) is 13.8. The molecule has 4 aliphatic heterocycles. The highest BCUT2D eigenvalue weighted by Crippen LogP contribution is 2.42. The number of methoxy groups -OCH3 is 2. The number of nitrogens with zero attached hydrogens (tertiary/aromatic N) is 2. The summed E-state index contributed by atoms with van der Waals surface area (Å²) in [4.78, 5) is 4.88. The van der Waals surface area contributed by atoms with Crippen LogP contribution in [0.15, 0.2) is 96.1 Å². The molecule has 0 amide bonds. The average molecular weight is 745 g/mol. The number of rotatable bonds is 8. The van der Waals surface area contributed by atoms with E-state index in [0.717, 1.165) is 88.4 Å². The Kier molecular flexibility index (Phi) is 11.3. The van der Waals surface area contributed by atoms with Crippen LogP contribution in [0.1, 0.15) is 53.5 Å². The van der Waals surface area contributed by atoms with Gasteiger partial charge in [-0.15, -0.1) is 0 Å². The van der Waals surface area contributed by atoms with Crippen molar-refractivity contribution in [2.45, 2.75) is 31.9 Å². The van der Waals surface area contributed by atoms with Crippen molar-refractivity contribution in [2.24, 2.45) is 0 Å². The van der Waals surface area contributed by atoms with Gasteiger partial charge in [-0.05, 0) is 146 Å². The average Bonchev–Trinajstić information content (AvgIpc) is 3.90. The second-order valence-corrected chi connectivity index (χ2v) is 14.2. The van der Waals surface area contributed by atoms with E-state index < -0.39 is 11.7 Å². The Hall–Kier alpha value is -4.44. The van der Waals surface area contributed by atoms with E-state index in [-0.39, 0.29) is 0 Å². The summed E-state index contributed by atoms with van der Waals surface area (Å²) in [5, 5.41) is 0.753. The van der Waals surface area contributed by atoms with E-state index in [0.29, 0.717) is 19.0 Å². The molecule has 2 saturated heterocycles. The normalized spacial score (nSPS) is 17.4. The van der Waals surface area contributed by atoms with Crippen LogP contribution in [-0.4, -0.2) is 76.5 Å². The molecule has 4 aromatic carbocycles. The molecule has 0 atom stereocenters. The minimum atomic E-state index is -4.35. The number of benzene rings is 4. The smallest absolute Gasteiger partial charge is 0.416 e. The summed E-state index contributed by atoms with van der Waals surface area (Å²) in [5.41, 5.74) is 7.87. The topological polar surface area (TPSA) is 43.4 Å². The van der Waals surface area contributed by atoms with Gasteiger partial charge in [0, 0.05) is 29.2 Å². The molecule has 0 bridgehead atoms. The maximum Gasteiger partial charge on any atom is 0.416 e. The van der Waals surface area contributed by atoms with Crippen molar-refractivity contribution < 1.29 is 32.1 Å². The maximum atomic E-state index is 13.0. The molecule has 0 aromatic heterocycles. The van der Waals surface area contributed by atoms with E-state index in [4.69, 9.17) is 30.5 Å². The summed E-state index contributed by atoms with van der Waals surface area (Å²) in [6.45, 7) is 7.19. The number of hydrogen-bond donors (Lipinski definition) is 0. The molecule has 53 heavy (non-hydrogen) atoms. The van der Waals surface area contributed by atoms with Gasteiger partial charge in [-0.3, -0.25) is 9.80 Å². The first-order chi connectivity index (χ1) is 25.7. The van der Waals surface area contributed by atoms with Crippen LogP contribution in [0.2, 0.25) is 5.02 Å². The van der Waals surface area contributed by atoms with Crippen LogP contribution in [-0.2, 0) is 6.18 Å². The molecule has 0 unspecified atom stereocenters. The number of fused-ring (bicyclic) bond motifs is 2. The number of alkyl halides is 3. The first kappa shape index (κ1) is 36.9. The van der Waals surface area contributed by atoms with E-state index in [2.05, 4.69) is 28.0 Å². The van der Waals surface area contributed by atoms with Gasteiger partial charge in [0.2, 0.25) is 0 Å². The van der Waals surface area contributed by atoms with Gasteiger partial charge >= 0.3 is 6.18 Å².